The van der Waals surface area contributed by atoms with Crippen LogP contribution in [0.4, 0.5) is 5.69 Å². The number of hydrogen-bond acceptors (Lipinski definition) is 6. The van der Waals surface area contributed by atoms with Crippen LogP contribution in [0.5, 0.6) is 5.75 Å². The lowest BCUT2D eigenvalue weighted by molar-refractivity contribution is 0.417. The van der Waals surface area contributed by atoms with Crippen molar-refractivity contribution in [3.8, 4) is 17.2 Å². The van der Waals surface area contributed by atoms with E-state index in [0.717, 1.165) is 5.56 Å². The van der Waals surface area contributed by atoms with Crippen LogP contribution in [0.25, 0.3) is 11.5 Å². The van der Waals surface area contributed by atoms with E-state index in [4.69, 9.17) is 9.26 Å². The van der Waals surface area contributed by atoms with Crippen LogP contribution in [0.3, 0.4) is 0 Å². The first-order valence-corrected chi connectivity index (χ1v) is 9.94. The third kappa shape index (κ3) is 3.55. The number of nitrogens with zero attached hydrogens (tertiary/aromatic N) is 2. The van der Waals surface area contributed by atoms with Crippen molar-refractivity contribution in [1.82, 2.24) is 15.1 Å². The van der Waals surface area contributed by atoms with Crippen LogP contribution in [-0.2, 0) is 16.4 Å². The van der Waals surface area contributed by atoms with Crippen LogP contribution in [0.15, 0.2) is 27.6 Å². The van der Waals surface area contributed by atoms with E-state index in [-0.39, 0.29) is 10.8 Å². The van der Waals surface area contributed by atoms with Gasteiger partial charge in [0.05, 0.1) is 18.4 Å². The predicted molar refractivity (Wildman–Crippen MR) is 101 cm³/mol. The van der Waals surface area contributed by atoms with Crippen LogP contribution in [0, 0.1) is 20.8 Å². The smallest absolute Gasteiger partial charge is 0.264 e. The monoisotopic (exact) mass is 390 g/mol. The zero-order valence-electron chi connectivity index (χ0n) is 15.9. The molecule has 9 heteroatoms. The number of benzene rings is 1. The fourth-order valence-corrected chi connectivity index (χ4v) is 4.46. The summed E-state index contributed by atoms with van der Waals surface area (Å²) in [6, 6.07) is 5.28. The first kappa shape index (κ1) is 19.0. The number of nitrogens with one attached hydrogen (secondary N) is 2. The van der Waals surface area contributed by atoms with E-state index in [0.29, 0.717) is 40.6 Å². The molecule has 0 atom stereocenters. The molecule has 0 amide bonds. The van der Waals surface area contributed by atoms with E-state index in [2.05, 4.69) is 19.8 Å². The van der Waals surface area contributed by atoms with Gasteiger partial charge in [0.1, 0.15) is 10.6 Å². The third-order valence-corrected chi connectivity index (χ3v) is 5.72. The Kier molecular flexibility index (Phi) is 4.97. The van der Waals surface area contributed by atoms with Gasteiger partial charge in [-0.05, 0) is 38.5 Å². The van der Waals surface area contributed by atoms with Gasteiger partial charge in [-0.15, -0.1) is 0 Å². The van der Waals surface area contributed by atoms with E-state index < -0.39 is 10.0 Å². The van der Waals surface area contributed by atoms with Crippen molar-refractivity contribution in [2.45, 2.75) is 39.0 Å². The van der Waals surface area contributed by atoms with Crippen molar-refractivity contribution in [3.63, 3.8) is 0 Å². The topological polar surface area (TPSA) is 110 Å². The van der Waals surface area contributed by atoms with Gasteiger partial charge in [0.15, 0.2) is 5.82 Å². The Labute approximate surface area is 158 Å². The first-order chi connectivity index (χ1) is 12.8. The Morgan fingerprint density at radius 1 is 1.22 bits per heavy atom. The maximum absolute atomic E-state index is 13.2. The molecule has 2 aromatic heterocycles. The summed E-state index contributed by atoms with van der Waals surface area (Å²) in [5.74, 6) is 1.12. The SMILES string of the molecule is CCc1noc(-c2c(C)[nH]c(C)c2S(=O)(=O)Nc2cc(C)ccc2OC)n1. The minimum absolute atomic E-state index is 0.0786. The van der Waals surface area contributed by atoms with Crippen molar-refractivity contribution in [3.05, 3.63) is 41.0 Å². The highest BCUT2D eigenvalue weighted by molar-refractivity contribution is 7.93. The molecule has 1 aromatic carbocycles. The lowest BCUT2D eigenvalue weighted by Crippen LogP contribution is -2.15. The second kappa shape index (κ2) is 7.07. The average molecular weight is 390 g/mol. The molecule has 0 aliphatic rings. The Balaban J connectivity index is 2.12. The Hall–Kier alpha value is -2.81. The van der Waals surface area contributed by atoms with E-state index in [1.54, 1.807) is 26.0 Å². The number of aromatic nitrogens is 3. The maximum Gasteiger partial charge on any atom is 0.264 e. The lowest BCUT2D eigenvalue weighted by Gasteiger charge is -2.13. The molecule has 2 N–H and O–H groups in total. The number of anilines is 1. The quantitative estimate of drug-likeness (QED) is 0.668. The van der Waals surface area contributed by atoms with Crippen molar-refractivity contribution < 1.29 is 17.7 Å². The Morgan fingerprint density at radius 3 is 2.59 bits per heavy atom. The van der Waals surface area contributed by atoms with E-state index >= 15 is 0 Å². The van der Waals surface area contributed by atoms with Gasteiger partial charge in [-0.1, -0.05) is 18.1 Å². The van der Waals surface area contributed by atoms with Crippen LogP contribution >= 0.6 is 0 Å². The molecule has 2 heterocycles. The van der Waals surface area contributed by atoms with Crippen LogP contribution in [0.2, 0.25) is 0 Å². The molecule has 3 aromatic rings. The van der Waals surface area contributed by atoms with E-state index in [1.165, 1.54) is 7.11 Å². The summed E-state index contributed by atoms with van der Waals surface area (Å²) >= 11 is 0. The zero-order valence-corrected chi connectivity index (χ0v) is 16.7. The molecule has 0 spiro atoms. The van der Waals surface area contributed by atoms with Crippen molar-refractivity contribution in [1.29, 1.82) is 0 Å². The van der Waals surface area contributed by atoms with E-state index in [9.17, 15) is 8.42 Å². The van der Waals surface area contributed by atoms with Crippen molar-refractivity contribution in [2.75, 3.05) is 11.8 Å². The normalized spacial score (nSPS) is 11.6. The van der Waals surface area contributed by atoms with Gasteiger partial charge in [-0.3, -0.25) is 4.72 Å². The minimum atomic E-state index is -3.94. The molecular weight excluding hydrogens is 368 g/mol. The fraction of sp³-hybridized carbons (Fsp3) is 0.333. The summed E-state index contributed by atoms with van der Waals surface area (Å²) in [4.78, 5) is 7.42. The van der Waals surface area contributed by atoms with Crippen LogP contribution in [0.1, 0.15) is 29.7 Å². The first-order valence-electron chi connectivity index (χ1n) is 8.46. The summed E-state index contributed by atoms with van der Waals surface area (Å²) in [5.41, 5.74) is 2.76. The average Bonchev–Trinajstić information content (AvgIpc) is 3.18. The van der Waals surface area contributed by atoms with Crippen LogP contribution < -0.4 is 9.46 Å². The van der Waals surface area contributed by atoms with Gasteiger partial charge in [-0.25, -0.2) is 8.42 Å². The number of H-pyrrole nitrogens is 1. The molecule has 3 rings (SSSR count). The second-order valence-corrected chi connectivity index (χ2v) is 7.88. The number of rotatable bonds is 6. The molecule has 0 aliphatic carbocycles. The summed E-state index contributed by atoms with van der Waals surface area (Å²) in [5, 5.41) is 3.87. The van der Waals surface area contributed by atoms with Crippen molar-refractivity contribution in [2.24, 2.45) is 0 Å². The van der Waals surface area contributed by atoms with Gasteiger partial charge >= 0.3 is 0 Å². The molecule has 0 unspecified atom stereocenters. The molecule has 0 radical (unpaired) electrons. The van der Waals surface area contributed by atoms with Gasteiger partial charge in [0, 0.05) is 17.8 Å². The molecule has 27 heavy (non-hydrogen) atoms. The molecule has 0 bridgehead atoms. The fourth-order valence-electron chi connectivity index (χ4n) is 2.95. The number of hydrogen-bond donors (Lipinski definition) is 2. The molecule has 8 nitrogen and oxygen atoms in total. The summed E-state index contributed by atoms with van der Waals surface area (Å²) in [6.07, 6.45) is 0.590. The van der Waals surface area contributed by atoms with Gasteiger partial charge in [0.2, 0.25) is 0 Å². The third-order valence-electron chi connectivity index (χ3n) is 4.18. The highest BCUT2D eigenvalue weighted by Gasteiger charge is 2.29. The number of aryl methyl sites for hydroxylation is 4. The number of aromatic amines is 1. The highest BCUT2D eigenvalue weighted by atomic mass is 32.2. The minimum Gasteiger partial charge on any atom is -0.495 e. The van der Waals surface area contributed by atoms with Gasteiger partial charge in [0.25, 0.3) is 15.9 Å². The molecule has 0 fully saturated rings. The molecule has 0 aliphatic heterocycles. The number of ether oxygens (including phenoxy) is 1. The Morgan fingerprint density at radius 2 is 1.96 bits per heavy atom. The predicted octanol–water partition coefficient (Wildman–Crippen LogP) is 3.36. The lowest BCUT2D eigenvalue weighted by atomic mass is 10.2. The number of methoxy groups -OCH3 is 1. The summed E-state index contributed by atoms with van der Waals surface area (Å²) < 4.78 is 39.6. The molecular formula is C18H22N4O4S. The zero-order chi connectivity index (χ0) is 19.8. The highest BCUT2D eigenvalue weighted by Crippen LogP contribution is 2.35. The van der Waals surface area contributed by atoms with Crippen molar-refractivity contribution >= 4 is 15.7 Å². The molecule has 144 valence electrons. The Bertz CT molecular complexity index is 1080. The molecule has 0 saturated heterocycles. The summed E-state index contributed by atoms with van der Waals surface area (Å²) in [6.45, 7) is 7.23. The van der Waals surface area contributed by atoms with Gasteiger partial charge < -0.3 is 14.2 Å². The standard InChI is InChI=1S/C18H22N4O4S/c1-6-15-20-18(26-21-15)16-11(3)19-12(4)17(16)27(23,24)22-13-9-10(2)7-8-14(13)25-5/h7-9,19,22H,6H2,1-5H3. The largest absolute Gasteiger partial charge is 0.495 e. The number of sulfonamides is 1. The maximum atomic E-state index is 13.2. The van der Waals surface area contributed by atoms with E-state index in [1.807, 2.05) is 19.9 Å². The van der Waals surface area contributed by atoms with Gasteiger partial charge in [-0.2, -0.15) is 4.98 Å². The van der Waals surface area contributed by atoms with Crippen LogP contribution in [-0.4, -0.2) is 30.7 Å². The summed E-state index contributed by atoms with van der Waals surface area (Å²) in [7, 11) is -2.45. The second-order valence-electron chi connectivity index (χ2n) is 6.26. The molecule has 0 saturated carbocycles.